The highest BCUT2D eigenvalue weighted by atomic mass is 16.5. The average molecular weight is 343 g/mol. The third-order valence-corrected chi connectivity index (χ3v) is 4.33. The minimum absolute atomic E-state index is 0.0592. The van der Waals surface area contributed by atoms with E-state index in [1.54, 1.807) is 29.8 Å². The maximum Gasteiger partial charge on any atom is 0.339 e. The van der Waals surface area contributed by atoms with E-state index in [0.717, 1.165) is 25.9 Å². The second-order valence-electron chi connectivity index (χ2n) is 6.13. The standard InChI is InChI=1S/C18H21N3O4/c1-12-16(18(23)24)11-19-21(12)14-5-2-4-13(10-14)20-17(22)8-7-15-6-3-9-25-15/h2,4-5,10-11,15H,3,6-9H2,1H3,(H,20,22)(H,23,24). The first-order valence-corrected chi connectivity index (χ1v) is 8.34. The fraction of sp³-hybridized carbons (Fsp3) is 0.389. The molecular weight excluding hydrogens is 322 g/mol. The summed E-state index contributed by atoms with van der Waals surface area (Å²) < 4.78 is 7.07. The molecule has 132 valence electrons. The zero-order chi connectivity index (χ0) is 17.8. The average Bonchev–Trinajstić information content (AvgIpc) is 3.22. The molecule has 1 amide bonds. The van der Waals surface area contributed by atoms with Crippen LogP contribution < -0.4 is 5.32 Å². The summed E-state index contributed by atoms with van der Waals surface area (Å²) >= 11 is 0. The van der Waals surface area contributed by atoms with Crippen LogP contribution in [0.4, 0.5) is 5.69 Å². The fourth-order valence-corrected chi connectivity index (χ4v) is 2.98. The molecule has 25 heavy (non-hydrogen) atoms. The number of benzene rings is 1. The van der Waals surface area contributed by atoms with E-state index in [0.29, 0.717) is 23.5 Å². The third-order valence-electron chi connectivity index (χ3n) is 4.33. The highest BCUT2D eigenvalue weighted by molar-refractivity contribution is 5.91. The Morgan fingerprint density at radius 1 is 1.44 bits per heavy atom. The minimum atomic E-state index is -1.01. The van der Waals surface area contributed by atoms with Crippen LogP contribution in [-0.2, 0) is 9.53 Å². The molecule has 2 heterocycles. The SMILES string of the molecule is Cc1c(C(=O)O)cnn1-c1cccc(NC(=O)CCC2CCCO2)c1. The molecule has 0 spiro atoms. The largest absolute Gasteiger partial charge is 0.478 e. The van der Waals surface area contributed by atoms with Crippen LogP contribution >= 0.6 is 0 Å². The maximum atomic E-state index is 12.1. The van der Waals surface area contributed by atoms with Crippen LogP contribution in [0.3, 0.4) is 0 Å². The van der Waals surface area contributed by atoms with Gasteiger partial charge in [-0.15, -0.1) is 0 Å². The number of aromatic carboxylic acids is 1. The molecule has 7 heteroatoms. The van der Waals surface area contributed by atoms with E-state index in [4.69, 9.17) is 9.84 Å². The Morgan fingerprint density at radius 3 is 2.96 bits per heavy atom. The molecule has 0 radical (unpaired) electrons. The summed E-state index contributed by atoms with van der Waals surface area (Å²) in [7, 11) is 0. The Bertz CT molecular complexity index is 778. The Labute approximate surface area is 145 Å². The molecule has 3 rings (SSSR count). The van der Waals surface area contributed by atoms with Crippen molar-refractivity contribution in [3.05, 3.63) is 41.7 Å². The first-order valence-electron chi connectivity index (χ1n) is 8.34. The second kappa shape index (κ2) is 7.48. The van der Waals surface area contributed by atoms with Gasteiger partial charge >= 0.3 is 5.97 Å². The van der Waals surface area contributed by atoms with E-state index < -0.39 is 5.97 Å². The number of carboxylic acid groups (broad SMARTS) is 1. The second-order valence-corrected chi connectivity index (χ2v) is 6.13. The maximum absolute atomic E-state index is 12.1. The van der Waals surface area contributed by atoms with E-state index in [9.17, 15) is 9.59 Å². The lowest BCUT2D eigenvalue weighted by Crippen LogP contribution is -2.15. The van der Waals surface area contributed by atoms with E-state index in [1.807, 2.05) is 6.07 Å². The molecule has 1 atom stereocenters. The smallest absolute Gasteiger partial charge is 0.339 e. The predicted molar refractivity (Wildman–Crippen MR) is 92.1 cm³/mol. The number of rotatable bonds is 6. The summed E-state index contributed by atoms with van der Waals surface area (Å²) in [6.45, 7) is 2.49. The summed E-state index contributed by atoms with van der Waals surface area (Å²) in [5.74, 6) is -1.07. The minimum Gasteiger partial charge on any atom is -0.478 e. The number of carbonyl (C=O) groups is 2. The van der Waals surface area contributed by atoms with Gasteiger partial charge in [-0.25, -0.2) is 9.48 Å². The van der Waals surface area contributed by atoms with Crippen molar-refractivity contribution in [1.82, 2.24) is 9.78 Å². The molecule has 2 aromatic rings. The van der Waals surface area contributed by atoms with Crippen LogP contribution in [0.25, 0.3) is 5.69 Å². The van der Waals surface area contributed by atoms with Crippen molar-refractivity contribution < 1.29 is 19.4 Å². The van der Waals surface area contributed by atoms with Gasteiger partial charge in [-0.3, -0.25) is 4.79 Å². The molecule has 7 nitrogen and oxygen atoms in total. The molecule has 2 N–H and O–H groups in total. The molecule has 0 aliphatic carbocycles. The molecule has 0 bridgehead atoms. The number of nitrogens with one attached hydrogen (secondary N) is 1. The van der Waals surface area contributed by atoms with Gasteiger partial charge < -0.3 is 15.2 Å². The number of carboxylic acids is 1. The van der Waals surface area contributed by atoms with E-state index in [-0.39, 0.29) is 17.6 Å². The Balaban J connectivity index is 1.67. The van der Waals surface area contributed by atoms with E-state index in [2.05, 4.69) is 10.4 Å². The zero-order valence-corrected chi connectivity index (χ0v) is 14.1. The van der Waals surface area contributed by atoms with Crippen molar-refractivity contribution >= 4 is 17.6 Å². The van der Waals surface area contributed by atoms with Gasteiger partial charge in [0.15, 0.2) is 0 Å². The Hall–Kier alpha value is -2.67. The zero-order valence-electron chi connectivity index (χ0n) is 14.1. The lowest BCUT2D eigenvalue weighted by atomic mass is 10.1. The molecule has 1 unspecified atom stereocenters. The number of aromatic nitrogens is 2. The summed E-state index contributed by atoms with van der Waals surface area (Å²) in [6.07, 6.45) is 4.75. The number of hydrogen-bond donors (Lipinski definition) is 2. The highest BCUT2D eigenvalue weighted by Crippen LogP contribution is 2.20. The van der Waals surface area contributed by atoms with Crippen LogP contribution in [0.1, 0.15) is 41.7 Å². The number of carbonyl (C=O) groups excluding carboxylic acids is 1. The summed E-state index contributed by atoms with van der Waals surface area (Å²) in [4.78, 5) is 23.2. The summed E-state index contributed by atoms with van der Waals surface area (Å²) in [5.41, 5.74) is 2.05. The lowest BCUT2D eigenvalue weighted by molar-refractivity contribution is -0.116. The van der Waals surface area contributed by atoms with E-state index >= 15 is 0 Å². The van der Waals surface area contributed by atoms with E-state index in [1.165, 1.54) is 6.20 Å². The molecular formula is C18H21N3O4. The van der Waals surface area contributed by atoms with Gasteiger partial charge in [0.25, 0.3) is 0 Å². The van der Waals surface area contributed by atoms with Crippen LogP contribution in [0.15, 0.2) is 30.5 Å². The number of amides is 1. The number of hydrogen-bond acceptors (Lipinski definition) is 4. The van der Waals surface area contributed by atoms with Crippen molar-refractivity contribution in [2.24, 2.45) is 0 Å². The topological polar surface area (TPSA) is 93.5 Å². The van der Waals surface area contributed by atoms with Gasteiger partial charge in [0.2, 0.25) is 5.91 Å². The molecule has 1 aliphatic heterocycles. The quantitative estimate of drug-likeness (QED) is 0.841. The van der Waals surface area contributed by atoms with Gasteiger partial charge in [-0.05, 0) is 44.4 Å². The van der Waals surface area contributed by atoms with Crippen molar-refractivity contribution in [2.75, 3.05) is 11.9 Å². The van der Waals surface area contributed by atoms with Crippen LogP contribution in [0, 0.1) is 6.92 Å². The summed E-state index contributed by atoms with van der Waals surface area (Å²) in [5, 5.41) is 16.1. The van der Waals surface area contributed by atoms with Gasteiger partial charge in [-0.2, -0.15) is 5.10 Å². The highest BCUT2D eigenvalue weighted by Gasteiger charge is 2.17. The Morgan fingerprint density at radius 2 is 2.28 bits per heavy atom. The lowest BCUT2D eigenvalue weighted by Gasteiger charge is -2.11. The first kappa shape index (κ1) is 17.2. The molecule has 0 saturated carbocycles. The number of nitrogens with zero attached hydrogens (tertiary/aromatic N) is 2. The fourth-order valence-electron chi connectivity index (χ4n) is 2.98. The third kappa shape index (κ3) is 4.06. The van der Waals surface area contributed by atoms with Crippen LogP contribution in [-0.4, -0.2) is 39.5 Å². The summed E-state index contributed by atoms with van der Waals surface area (Å²) in [6, 6.07) is 7.18. The van der Waals surface area contributed by atoms with Crippen LogP contribution in [0.5, 0.6) is 0 Å². The van der Waals surface area contributed by atoms with Crippen LogP contribution in [0.2, 0.25) is 0 Å². The van der Waals surface area contributed by atoms with Gasteiger partial charge in [0, 0.05) is 18.7 Å². The van der Waals surface area contributed by atoms with Crippen molar-refractivity contribution in [1.29, 1.82) is 0 Å². The Kier molecular flexibility index (Phi) is 5.14. The molecule has 1 aromatic heterocycles. The van der Waals surface area contributed by atoms with Crippen molar-refractivity contribution in [3.8, 4) is 5.69 Å². The van der Waals surface area contributed by atoms with Gasteiger partial charge in [-0.1, -0.05) is 6.07 Å². The van der Waals surface area contributed by atoms with Gasteiger partial charge in [0.05, 0.1) is 23.7 Å². The number of anilines is 1. The van der Waals surface area contributed by atoms with Crippen molar-refractivity contribution in [3.63, 3.8) is 0 Å². The first-order chi connectivity index (χ1) is 12.0. The normalized spacial score (nSPS) is 16.8. The molecule has 1 saturated heterocycles. The molecule has 1 fully saturated rings. The molecule has 1 aliphatic rings. The number of ether oxygens (including phenoxy) is 1. The van der Waals surface area contributed by atoms with Crippen molar-refractivity contribution in [2.45, 2.75) is 38.7 Å². The molecule has 1 aromatic carbocycles. The monoisotopic (exact) mass is 343 g/mol. The predicted octanol–water partition coefficient (Wildman–Crippen LogP) is 2.78. The van der Waals surface area contributed by atoms with Gasteiger partial charge in [0.1, 0.15) is 5.56 Å².